The molecule has 2 aromatic carbocycles. The molecule has 1 atom stereocenters. The third kappa shape index (κ3) is 6.51. The number of sulfonamides is 1. The van der Waals surface area contributed by atoms with Crippen LogP contribution in [0.5, 0.6) is 11.5 Å². The van der Waals surface area contributed by atoms with Crippen LogP contribution in [0.1, 0.15) is 12.0 Å². The lowest BCUT2D eigenvalue weighted by Gasteiger charge is -2.31. The molecule has 0 radical (unpaired) electrons. The Labute approximate surface area is 216 Å². The summed E-state index contributed by atoms with van der Waals surface area (Å²) in [6.45, 7) is 3.61. The predicted molar refractivity (Wildman–Crippen MR) is 133 cm³/mol. The van der Waals surface area contributed by atoms with E-state index in [-0.39, 0.29) is 48.8 Å². The van der Waals surface area contributed by atoms with Gasteiger partial charge in [0.15, 0.2) is 0 Å². The van der Waals surface area contributed by atoms with E-state index >= 15 is 0 Å². The summed E-state index contributed by atoms with van der Waals surface area (Å²) in [5, 5.41) is 8.73. The normalized spacial score (nSPS) is 19.4. The second-order valence-electron chi connectivity index (χ2n) is 8.73. The van der Waals surface area contributed by atoms with Crippen molar-refractivity contribution in [2.45, 2.75) is 23.1 Å². The highest BCUT2D eigenvalue weighted by atomic mass is 32.2. The van der Waals surface area contributed by atoms with Gasteiger partial charge in [-0.1, -0.05) is 12.1 Å². The first kappa shape index (κ1) is 27.1. The number of hydroxylamine groups is 2. The molecular formula is C23H30N4O8S2. The Morgan fingerprint density at radius 2 is 1.73 bits per heavy atom. The van der Waals surface area contributed by atoms with Crippen LogP contribution in [0.4, 0.5) is 0 Å². The Hall–Kier alpha value is -2.91. The van der Waals surface area contributed by atoms with E-state index in [2.05, 4.69) is 0 Å². The van der Waals surface area contributed by atoms with Crippen LogP contribution in [0.15, 0.2) is 52.3 Å². The van der Waals surface area contributed by atoms with Gasteiger partial charge >= 0.3 is 10.1 Å². The zero-order valence-electron chi connectivity index (χ0n) is 20.3. The third-order valence-electron chi connectivity index (χ3n) is 5.90. The van der Waals surface area contributed by atoms with Crippen molar-refractivity contribution in [1.82, 2.24) is 9.37 Å². The van der Waals surface area contributed by atoms with E-state index in [1.54, 1.807) is 13.0 Å². The number of nitrogens with zero attached hydrogens (tertiary/aromatic N) is 2. The average Bonchev–Trinajstić information content (AvgIpc) is 2.87. The minimum absolute atomic E-state index is 0.00350. The van der Waals surface area contributed by atoms with Crippen LogP contribution in [0.3, 0.4) is 0 Å². The third-order valence-corrected chi connectivity index (χ3v) is 9.29. The van der Waals surface area contributed by atoms with E-state index in [0.717, 1.165) is 0 Å². The maximum absolute atomic E-state index is 13.2. The van der Waals surface area contributed by atoms with Gasteiger partial charge in [0.1, 0.15) is 21.3 Å². The van der Waals surface area contributed by atoms with Gasteiger partial charge in [-0.2, -0.15) is 12.7 Å². The number of nitrogens with two attached hydrogens (primary N) is 1. The van der Waals surface area contributed by atoms with Crippen LogP contribution < -0.4 is 14.7 Å². The Bertz CT molecular complexity index is 1340. The van der Waals surface area contributed by atoms with Gasteiger partial charge in [0, 0.05) is 31.6 Å². The van der Waals surface area contributed by atoms with Crippen LogP contribution in [-0.4, -0.2) is 78.2 Å². The molecule has 0 aromatic heterocycles. The number of ether oxygens (including phenoxy) is 2. The van der Waals surface area contributed by atoms with E-state index in [1.165, 1.54) is 45.8 Å². The standard InChI is InChI=1S/C23H30N4O8S2/c1-17-12-19(33-15-18-6-7-27(23(24)25)34-16-18)14-20(13-17)35-37(30,31)22-5-3-2-4-21(22)36(28,29)26-8-10-32-11-9-26/h2-5,12-14,18H,6-11,15-16H2,1H3,(H3,24,25). The van der Waals surface area contributed by atoms with Crippen molar-refractivity contribution in [3.05, 3.63) is 48.0 Å². The molecular weight excluding hydrogens is 524 g/mol. The number of guanidine groups is 1. The summed E-state index contributed by atoms with van der Waals surface area (Å²) in [4.78, 5) is 4.63. The molecule has 37 heavy (non-hydrogen) atoms. The highest BCUT2D eigenvalue weighted by Crippen LogP contribution is 2.30. The van der Waals surface area contributed by atoms with Gasteiger partial charge in [-0.3, -0.25) is 10.2 Å². The van der Waals surface area contributed by atoms with Crippen LogP contribution >= 0.6 is 0 Å². The zero-order valence-corrected chi connectivity index (χ0v) is 22.0. The number of benzene rings is 2. The lowest BCUT2D eigenvalue weighted by molar-refractivity contribution is -0.149. The minimum Gasteiger partial charge on any atom is -0.493 e. The smallest absolute Gasteiger partial charge is 0.340 e. The molecule has 202 valence electrons. The van der Waals surface area contributed by atoms with Gasteiger partial charge in [0.2, 0.25) is 16.0 Å². The van der Waals surface area contributed by atoms with Crippen molar-refractivity contribution in [1.29, 1.82) is 5.41 Å². The second-order valence-corrected chi connectivity index (χ2v) is 12.2. The number of nitrogens with one attached hydrogen (secondary N) is 1. The lowest BCUT2D eigenvalue weighted by atomic mass is 10.1. The molecule has 0 amide bonds. The molecule has 2 aliphatic rings. The topological polar surface area (TPSA) is 162 Å². The van der Waals surface area contributed by atoms with Crippen molar-refractivity contribution >= 4 is 26.1 Å². The number of rotatable bonds is 8. The summed E-state index contributed by atoms with van der Waals surface area (Å²) in [6.07, 6.45) is 0.706. The van der Waals surface area contributed by atoms with E-state index in [1.807, 2.05) is 0 Å². The molecule has 2 saturated heterocycles. The van der Waals surface area contributed by atoms with Crippen molar-refractivity contribution < 1.29 is 35.3 Å². The monoisotopic (exact) mass is 554 g/mol. The van der Waals surface area contributed by atoms with Gasteiger partial charge in [-0.25, -0.2) is 13.5 Å². The van der Waals surface area contributed by atoms with E-state index in [9.17, 15) is 16.8 Å². The first-order valence-electron chi connectivity index (χ1n) is 11.7. The molecule has 0 saturated carbocycles. The highest BCUT2D eigenvalue weighted by Gasteiger charge is 2.33. The molecule has 4 rings (SSSR count). The minimum atomic E-state index is -4.50. The fraction of sp³-hybridized carbons (Fsp3) is 0.435. The van der Waals surface area contributed by atoms with Gasteiger partial charge in [0.05, 0.1) is 26.4 Å². The number of morpholine rings is 1. The largest absolute Gasteiger partial charge is 0.493 e. The zero-order chi connectivity index (χ0) is 26.6. The van der Waals surface area contributed by atoms with Gasteiger partial charge in [-0.05, 0) is 43.2 Å². The molecule has 0 aliphatic carbocycles. The summed E-state index contributed by atoms with van der Waals surface area (Å²) in [7, 11) is -8.58. The number of hydrogen-bond acceptors (Lipinski definition) is 9. The van der Waals surface area contributed by atoms with Crippen molar-refractivity contribution in [2.24, 2.45) is 11.7 Å². The van der Waals surface area contributed by atoms with Gasteiger partial charge in [0.25, 0.3) is 0 Å². The van der Waals surface area contributed by atoms with Crippen molar-refractivity contribution in [3.8, 4) is 11.5 Å². The van der Waals surface area contributed by atoms with Crippen molar-refractivity contribution in [2.75, 3.05) is 46.1 Å². The van der Waals surface area contributed by atoms with E-state index in [4.69, 9.17) is 29.6 Å². The highest BCUT2D eigenvalue weighted by molar-refractivity contribution is 7.91. The molecule has 12 nitrogen and oxygen atoms in total. The summed E-state index contributed by atoms with van der Waals surface area (Å²) in [6, 6.07) is 10.1. The SMILES string of the molecule is Cc1cc(OCC2CCN(C(=N)N)OC2)cc(OS(=O)(=O)c2ccccc2S(=O)(=O)N2CCOCC2)c1. The molecule has 2 heterocycles. The molecule has 0 spiro atoms. The summed E-state index contributed by atoms with van der Waals surface area (Å²) in [5.74, 6) is 0.298. The maximum Gasteiger partial charge on any atom is 0.340 e. The Morgan fingerprint density at radius 3 is 2.38 bits per heavy atom. The molecule has 2 aliphatic heterocycles. The quantitative estimate of drug-likeness (QED) is 0.276. The molecule has 2 aromatic rings. The maximum atomic E-state index is 13.2. The van der Waals surface area contributed by atoms with Crippen LogP contribution in [-0.2, 0) is 29.7 Å². The van der Waals surface area contributed by atoms with Gasteiger partial charge < -0.3 is 19.4 Å². The first-order valence-corrected chi connectivity index (χ1v) is 14.5. The summed E-state index contributed by atoms with van der Waals surface area (Å²) >= 11 is 0. The Morgan fingerprint density at radius 1 is 1.05 bits per heavy atom. The summed E-state index contributed by atoms with van der Waals surface area (Å²) < 4.78 is 70.6. The fourth-order valence-corrected chi connectivity index (χ4v) is 7.09. The van der Waals surface area contributed by atoms with Crippen LogP contribution in [0.2, 0.25) is 0 Å². The molecule has 3 N–H and O–H groups in total. The Balaban J connectivity index is 1.50. The molecule has 14 heteroatoms. The number of hydrogen-bond donors (Lipinski definition) is 2. The second kappa shape index (κ2) is 11.2. The number of aryl methyl sites for hydroxylation is 1. The average molecular weight is 555 g/mol. The van der Waals surface area contributed by atoms with Crippen LogP contribution in [0, 0.1) is 18.3 Å². The lowest BCUT2D eigenvalue weighted by Crippen LogP contribution is -2.43. The molecule has 0 bridgehead atoms. The predicted octanol–water partition coefficient (Wildman–Crippen LogP) is 1.31. The summed E-state index contributed by atoms with van der Waals surface area (Å²) in [5.41, 5.74) is 6.12. The molecule has 1 unspecified atom stereocenters. The van der Waals surface area contributed by atoms with E-state index < -0.39 is 25.0 Å². The fourth-order valence-electron chi connectivity index (χ4n) is 3.99. The Kier molecular flexibility index (Phi) is 8.23. The van der Waals surface area contributed by atoms with Gasteiger partial charge in [-0.15, -0.1) is 0 Å². The van der Waals surface area contributed by atoms with Crippen molar-refractivity contribution in [3.63, 3.8) is 0 Å². The first-order chi connectivity index (χ1) is 17.6. The van der Waals surface area contributed by atoms with Crippen LogP contribution in [0.25, 0.3) is 0 Å². The molecule has 2 fully saturated rings. The van der Waals surface area contributed by atoms with E-state index in [0.29, 0.717) is 37.5 Å².